The number of aromatic nitrogens is 1. The zero-order valence-electron chi connectivity index (χ0n) is 17.8. The summed E-state index contributed by atoms with van der Waals surface area (Å²) in [6.07, 6.45) is 2.27. The van der Waals surface area contributed by atoms with Gasteiger partial charge in [0, 0.05) is 43.2 Å². The molecule has 1 aromatic carbocycles. The van der Waals surface area contributed by atoms with Crippen LogP contribution in [0.1, 0.15) is 48.7 Å². The molecule has 2 aliphatic rings. The van der Waals surface area contributed by atoms with Gasteiger partial charge >= 0.3 is 0 Å². The Labute approximate surface area is 176 Å². The van der Waals surface area contributed by atoms with Crippen molar-refractivity contribution in [2.75, 3.05) is 24.4 Å². The molecule has 30 heavy (non-hydrogen) atoms. The van der Waals surface area contributed by atoms with Crippen LogP contribution in [0.3, 0.4) is 0 Å². The Hall–Kier alpha value is -3.09. The van der Waals surface area contributed by atoms with E-state index in [0.29, 0.717) is 23.2 Å². The minimum Gasteiger partial charge on any atom is -0.481 e. The summed E-state index contributed by atoms with van der Waals surface area (Å²) in [5.74, 6) is 1.76. The average Bonchev–Trinajstić information content (AvgIpc) is 3.59. The van der Waals surface area contributed by atoms with E-state index in [1.54, 1.807) is 33.2 Å². The van der Waals surface area contributed by atoms with Crippen LogP contribution in [-0.4, -0.2) is 37.0 Å². The lowest BCUT2D eigenvalue weighted by molar-refractivity contribution is -0.117. The third-order valence-electron chi connectivity index (χ3n) is 6.15. The van der Waals surface area contributed by atoms with Crippen molar-refractivity contribution in [1.29, 1.82) is 0 Å². The van der Waals surface area contributed by atoms with E-state index < -0.39 is 0 Å². The van der Waals surface area contributed by atoms with Gasteiger partial charge in [-0.15, -0.1) is 0 Å². The van der Waals surface area contributed by atoms with Crippen molar-refractivity contribution in [3.8, 4) is 5.88 Å². The Morgan fingerprint density at radius 1 is 1.20 bits per heavy atom. The van der Waals surface area contributed by atoms with Crippen molar-refractivity contribution in [1.82, 2.24) is 10.3 Å². The molecular formula is C23H28N4O3. The molecule has 1 fully saturated rings. The number of pyridine rings is 1. The first-order valence-electron chi connectivity index (χ1n) is 10.4. The second-order valence-corrected chi connectivity index (χ2v) is 8.12. The predicted octanol–water partition coefficient (Wildman–Crippen LogP) is 3.38. The van der Waals surface area contributed by atoms with Crippen molar-refractivity contribution in [2.45, 2.75) is 38.8 Å². The summed E-state index contributed by atoms with van der Waals surface area (Å²) < 4.78 is 5.27. The summed E-state index contributed by atoms with van der Waals surface area (Å²) in [5, 5.41) is 6.24. The largest absolute Gasteiger partial charge is 0.481 e. The molecule has 2 heterocycles. The van der Waals surface area contributed by atoms with Crippen LogP contribution in [0.2, 0.25) is 0 Å². The molecular weight excluding hydrogens is 380 g/mol. The second-order valence-electron chi connectivity index (χ2n) is 8.12. The lowest BCUT2D eigenvalue weighted by atomic mass is 9.79. The third kappa shape index (κ3) is 3.60. The van der Waals surface area contributed by atoms with Gasteiger partial charge in [-0.1, -0.05) is 13.0 Å². The molecule has 1 aromatic heterocycles. The van der Waals surface area contributed by atoms with Gasteiger partial charge in [0.05, 0.1) is 13.2 Å². The Morgan fingerprint density at radius 2 is 1.97 bits per heavy atom. The van der Waals surface area contributed by atoms with E-state index in [1.165, 1.54) is 0 Å². The quantitative estimate of drug-likeness (QED) is 0.792. The molecule has 1 aliphatic heterocycles. The molecule has 0 bridgehead atoms. The summed E-state index contributed by atoms with van der Waals surface area (Å²) in [5.41, 5.74) is 2.37. The maximum absolute atomic E-state index is 12.7. The molecule has 2 amide bonds. The highest BCUT2D eigenvalue weighted by atomic mass is 16.5. The minimum absolute atomic E-state index is 0.0330. The van der Waals surface area contributed by atoms with Crippen molar-refractivity contribution in [3.05, 3.63) is 47.5 Å². The SMILES string of the molecule is CNC(=O)c1ccc2c(c1)[C@H](Nc1cccc(OC)n1)[C@@H](C)[C@H](C1CC1)N2C(C)=O. The number of fused-ring (bicyclic) bond motifs is 1. The van der Waals surface area contributed by atoms with Gasteiger partial charge in [0.2, 0.25) is 11.8 Å². The van der Waals surface area contributed by atoms with Crippen LogP contribution in [-0.2, 0) is 4.79 Å². The Morgan fingerprint density at radius 3 is 2.60 bits per heavy atom. The monoisotopic (exact) mass is 408 g/mol. The van der Waals surface area contributed by atoms with Crippen LogP contribution in [0.15, 0.2) is 36.4 Å². The smallest absolute Gasteiger partial charge is 0.251 e. The van der Waals surface area contributed by atoms with E-state index in [-0.39, 0.29) is 29.8 Å². The summed E-state index contributed by atoms with van der Waals surface area (Å²) >= 11 is 0. The van der Waals surface area contributed by atoms with Crippen molar-refractivity contribution in [2.24, 2.45) is 11.8 Å². The molecule has 1 aliphatic carbocycles. The molecule has 4 rings (SSSR count). The number of amides is 2. The zero-order chi connectivity index (χ0) is 21.4. The molecule has 0 unspecified atom stereocenters. The number of rotatable bonds is 5. The van der Waals surface area contributed by atoms with Crippen LogP contribution in [0, 0.1) is 11.8 Å². The average molecular weight is 409 g/mol. The number of benzene rings is 1. The van der Waals surface area contributed by atoms with Crippen LogP contribution in [0.25, 0.3) is 0 Å². The Bertz CT molecular complexity index is 973. The highest BCUT2D eigenvalue weighted by Gasteiger charge is 2.47. The number of nitrogens with zero attached hydrogens (tertiary/aromatic N) is 2. The fourth-order valence-corrected chi connectivity index (χ4v) is 4.62. The van der Waals surface area contributed by atoms with E-state index in [4.69, 9.17) is 4.74 Å². The molecule has 1 saturated carbocycles. The molecule has 7 nitrogen and oxygen atoms in total. The van der Waals surface area contributed by atoms with Gasteiger partial charge in [-0.25, -0.2) is 0 Å². The molecule has 158 valence electrons. The van der Waals surface area contributed by atoms with Crippen molar-refractivity contribution >= 4 is 23.3 Å². The Balaban J connectivity index is 1.81. The molecule has 7 heteroatoms. The molecule has 2 N–H and O–H groups in total. The molecule has 2 aromatic rings. The first-order valence-corrected chi connectivity index (χ1v) is 10.4. The summed E-state index contributed by atoms with van der Waals surface area (Å²) in [6, 6.07) is 11.2. The summed E-state index contributed by atoms with van der Waals surface area (Å²) in [4.78, 5) is 31.4. The lowest BCUT2D eigenvalue weighted by Gasteiger charge is -2.46. The number of hydrogen-bond acceptors (Lipinski definition) is 5. The molecule has 0 spiro atoms. The molecule has 3 atom stereocenters. The number of carbonyl (C=O) groups excluding carboxylic acids is 2. The number of ether oxygens (including phenoxy) is 1. The maximum atomic E-state index is 12.7. The van der Waals surface area contributed by atoms with Gasteiger partial charge in [-0.05, 0) is 48.6 Å². The molecule has 0 saturated heterocycles. The standard InChI is InChI=1S/C23H28N4O3/c1-13-21(26-19-6-5-7-20(25-19)30-4)17-12-16(23(29)24-3)10-11-18(17)27(14(2)28)22(13)15-8-9-15/h5-7,10-13,15,21-22H,8-9H2,1-4H3,(H,24,29)(H,25,26)/t13-,21-,22-/m1/s1. The van der Waals surface area contributed by atoms with Crippen LogP contribution < -0.4 is 20.3 Å². The number of hydrogen-bond donors (Lipinski definition) is 2. The summed E-state index contributed by atoms with van der Waals surface area (Å²) in [6.45, 7) is 3.79. The lowest BCUT2D eigenvalue weighted by Crippen LogP contribution is -2.51. The second kappa shape index (κ2) is 7.97. The Kier molecular flexibility index (Phi) is 5.37. The fourth-order valence-electron chi connectivity index (χ4n) is 4.62. The number of nitrogens with one attached hydrogen (secondary N) is 2. The van der Waals surface area contributed by atoms with Crippen LogP contribution in [0.5, 0.6) is 5.88 Å². The fraction of sp³-hybridized carbons (Fsp3) is 0.435. The summed E-state index contributed by atoms with van der Waals surface area (Å²) in [7, 11) is 3.21. The van der Waals surface area contributed by atoms with Crippen molar-refractivity contribution in [3.63, 3.8) is 0 Å². The van der Waals surface area contributed by atoms with Gasteiger partial charge < -0.3 is 20.3 Å². The number of anilines is 2. The maximum Gasteiger partial charge on any atom is 0.251 e. The number of methoxy groups -OCH3 is 1. The normalized spacial score (nSPS) is 22.8. The first kappa shape index (κ1) is 20.2. The van der Waals surface area contributed by atoms with Crippen molar-refractivity contribution < 1.29 is 14.3 Å². The van der Waals surface area contributed by atoms with Gasteiger partial charge in [0.15, 0.2) is 0 Å². The minimum atomic E-state index is -0.151. The molecule has 0 radical (unpaired) electrons. The van der Waals surface area contributed by atoms with Gasteiger partial charge in [0.1, 0.15) is 5.82 Å². The zero-order valence-corrected chi connectivity index (χ0v) is 17.8. The van der Waals surface area contributed by atoms with E-state index in [0.717, 1.165) is 24.1 Å². The van der Waals surface area contributed by atoms with Gasteiger partial charge in [-0.2, -0.15) is 4.98 Å². The van der Waals surface area contributed by atoms with Gasteiger partial charge in [0.25, 0.3) is 5.91 Å². The van der Waals surface area contributed by atoms with E-state index >= 15 is 0 Å². The first-order chi connectivity index (χ1) is 14.4. The van der Waals surface area contributed by atoms with E-state index in [9.17, 15) is 9.59 Å². The van der Waals surface area contributed by atoms with Crippen LogP contribution >= 0.6 is 0 Å². The highest BCUT2D eigenvalue weighted by Crippen LogP contribution is 2.50. The topological polar surface area (TPSA) is 83.6 Å². The third-order valence-corrected chi connectivity index (χ3v) is 6.15. The van der Waals surface area contributed by atoms with E-state index in [1.807, 2.05) is 29.2 Å². The van der Waals surface area contributed by atoms with Crippen LogP contribution in [0.4, 0.5) is 11.5 Å². The highest BCUT2D eigenvalue weighted by molar-refractivity contribution is 5.98. The van der Waals surface area contributed by atoms with Gasteiger partial charge in [-0.3, -0.25) is 9.59 Å². The predicted molar refractivity (Wildman–Crippen MR) is 116 cm³/mol. The number of carbonyl (C=O) groups is 2. The van der Waals surface area contributed by atoms with E-state index in [2.05, 4.69) is 22.5 Å².